The molecule has 0 spiro atoms. The maximum Gasteiger partial charge on any atom is 0.319 e. The maximum absolute atomic E-state index is 11.0. The highest BCUT2D eigenvalue weighted by Crippen LogP contribution is 2.15. The molecule has 0 aromatic heterocycles. The predicted octanol–water partition coefficient (Wildman–Crippen LogP) is 0.873. The zero-order valence-corrected chi connectivity index (χ0v) is 9.21. The molecule has 4 nitrogen and oxygen atoms in total. The normalized spacial score (nSPS) is 15.4. The van der Waals surface area contributed by atoms with Gasteiger partial charge in [-0.15, -0.1) is 0 Å². The summed E-state index contributed by atoms with van der Waals surface area (Å²) in [5.74, 6) is 0. The summed E-state index contributed by atoms with van der Waals surface area (Å²) < 4.78 is 31.1. The van der Waals surface area contributed by atoms with Gasteiger partial charge in [0.2, 0.25) is 5.37 Å². The van der Waals surface area contributed by atoms with Gasteiger partial charge in [0.1, 0.15) is 0 Å². The number of quaternary nitrogens is 1. The molecule has 0 amide bonds. The van der Waals surface area contributed by atoms with Gasteiger partial charge in [-0.2, -0.15) is 8.42 Å². The van der Waals surface area contributed by atoms with E-state index in [1.54, 1.807) is 27.1 Å². The Morgan fingerprint density at radius 2 is 2.00 bits per heavy atom. The van der Waals surface area contributed by atoms with Crippen LogP contribution in [0.4, 0.5) is 0 Å². The number of nitrogens with zero attached hydrogens (tertiary/aromatic N) is 1. The fourth-order valence-corrected chi connectivity index (χ4v) is 2.74. The first-order valence-corrected chi connectivity index (χ1v) is 5.66. The molecule has 0 aliphatic carbocycles. The molecule has 1 unspecified atom stereocenters. The van der Waals surface area contributed by atoms with Crippen molar-refractivity contribution >= 4 is 10.1 Å². The molecule has 0 saturated carbocycles. The van der Waals surface area contributed by atoms with E-state index in [2.05, 4.69) is 6.58 Å². The topological polar surface area (TPSA) is 54.4 Å². The van der Waals surface area contributed by atoms with Gasteiger partial charge in [-0.3, -0.25) is 4.55 Å². The largest absolute Gasteiger partial charge is 0.319 e. The molecule has 0 saturated heterocycles. The van der Waals surface area contributed by atoms with Crippen molar-refractivity contribution in [3.63, 3.8) is 0 Å². The van der Waals surface area contributed by atoms with Gasteiger partial charge in [0.25, 0.3) is 0 Å². The molecule has 0 aliphatic rings. The van der Waals surface area contributed by atoms with Crippen molar-refractivity contribution < 1.29 is 17.5 Å². The van der Waals surface area contributed by atoms with E-state index < -0.39 is 15.5 Å². The third kappa shape index (κ3) is 3.46. The fraction of sp³-hybridized carbons (Fsp3) is 0.750. The third-order valence-electron chi connectivity index (χ3n) is 2.07. The summed E-state index contributed by atoms with van der Waals surface area (Å²) in [4.78, 5) is 0. The van der Waals surface area contributed by atoms with Crippen molar-refractivity contribution in [2.24, 2.45) is 0 Å². The lowest BCUT2D eigenvalue weighted by molar-refractivity contribution is -0.896. The Hall–Kier alpha value is -0.390. The van der Waals surface area contributed by atoms with Crippen LogP contribution in [-0.4, -0.2) is 43.5 Å². The van der Waals surface area contributed by atoms with Crippen LogP contribution in [0.5, 0.6) is 0 Å². The quantitative estimate of drug-likeness (QED) is 0.414. The van der Waals surface area contributed by atoms with Gasteiger partial charge in [-0.1, -0.05) is 13.5 Å². The van der Waals surface area contributed by atoms with E-state index in [0.717, 1.165) is 0 Å². The average molecular weight is 208 g/mol. The minimum absolute atomic E-state index is 0.207. The molecule has 1 atom stereocenters. The molecule has 13 heavy (non-hydrogen) atoms. The molecule has 0 fully saturated rings. The first-order chi connectivity index (χ1) is 5.75. The number of rotatable bonds is 5. The zero-order valence-electron chi connectivity index (χ0n) is 8.40. The zero-order chi connectivity index (χ0) is 10.7. The fourth-order valence-electron chi connectivity index (χ4n) is 1.52. The van der Waals surface area contributed by atoms with Crippen LogP contribution in [0.3, 0.4) is 0 Å². The predicted molar refractivity (Wildman–Crippen MR) is 52.8 cm³/mol. The van der Waals surface area contributed by atoms with E-state index in [-0.39, 0.29) is 4.48 Å². The summed E-state index contributed by atoms with van der Waals surface area (Å²) in [7, 11) is -0.463. The van der Waals surface area contributed by atoms with Crippen molar-refractivity contribution in [1.29, 1.82) is 0 Å². The van der Waals surface area contributed by atoms with Crippen LogP contribution in [0.15, 0.2) is 12.7 Å². The monoisotopic (exact) mass is 208 g/mol. The standard InChI is InChI=1S/C8H17NO3S/c1-5-7-9(3,4)8(6-2)13(10,11)12/h5,8H,1,6-7H2,2-4H3/p+1. The van der Waals surface area contributed by atoms with Crippen LogP contribution < -0.4 is 0 Å². The van der Waals surface area contributed by atoms with Crippen molar-refractivity contribution in [2.75, 3.05) is 20.6 Å². The molecule has 78 valence electrons. The molecule has 1 N–H and O–H groups in total. The van der Waals surface area contributed by atoms with Gasteiger partial charge in [-0.05, 0) is 6.08 Å². The van der Waals surface area contributed by atoms with Gasteiger partial charge in [-0.25, -0.2) is 0 Å². The van der Waals surface area contributed by atoms with Gasteiger partial charge in [0.05, 0.1) is 20.6 Å². The van der Waals surface area contributed by atoms with E-state index in [9.17, 15) is 8.42 Å². The van der Waals surface area contributed by atoms with E-state index in [4.69, 9.17) is 4.55 Å². The highest BCUT2D eigenvalue weighted by atomic mass is 32.2. The molecule has 0 bridgehead atoms. The number of hydrogen-bond acceptors (Lipinski definition) is 2. The van der Waals surface area contributed by atoms with Crippen LogP contribution in [0.25, 0.3) is 0 Å². The molecule has 5 heteroatoms. The van der Waals surface area contributed by atoms with E-state index >= 15 is 0 Å². The SMILES string of the molecule is C=CC[N+](C)(C)C(CC)S(=O)(=O)O. The lowest BCUT2D eigenvalue weighted by Crippen LogP contribution is -2.52. The van der Waals surface area contributed by atoms with Crippen molar-refractivity contribution in [3.8, 4) is 0 Å². The van der Waals surface area contributed by atoms with Crippen molar-refractivity contribution in [3.05, 3.63) is 12.7 Å². The van der Waals surface area contributed by atoms with E-state index in [0.29, 0.717) is 13.0 Å². The summed E-state index contributed by atoms with van der Waals surface area (Å²) in [5.41, 5.74) is 0. The molecular formula is C8H18NO3S+. The van der Waals surface area contributed by atoms with Crippen LogP contribution in [-0.2, 0) is 10.1 Å². The Bertz CT molecular complexity index is 269. The highest BCUT2D eigenvalue weighted by Gasteiger charge is 2.36. The Morgan fingerprint density at radius 1 is 1.54 bits per heavy atom. The maximum atomic E-state index is 11.0. The second-order valence-corrected chi connectivity index (χ2v) is 5.20. The van der Waals surface area contributed by atoms with Crippen LogP contribution in [0.2, 0.25) is 0 Å². The van der Waals surface area contributed by atoms with Crippen LogP contribution in [0.1, 0.15) is 13.3 Å². The summed E-state index contributed by atoms with van der Waals surface area (Å²) in [6.45, 7) is 5.80. The van der Waals surface area contributed by atoms with Crippen LogP contribution >= 0.6 is 0 Å². The Balaban J connectivity index is 4.87. The van der Waals surface area contributed by atoms with Gasteiger partial charge >= 0.3 is 10.1 Å². The second-order valence-electron chi connectivity index (χ2n) is 3.63. The summed E-state index contributed by atoms with van der Waals surface area (Å²) in [5, 5.41) is -0.773. The first kappa shape index (κ1) is 12.6. The highest BCUT2D eigenvalue weighted by molar-refractivity contribution is 7.86. The van der Waals surface area contributed by atoms with Gasteiger partial charge < -0.3 is 4.48 Å². The van der Waals surface area contributed by atoms with E-state index in [1.807, 2.05) is 0 Å². The second kappa shape index (κ2) is 4.21. The summed E-state index contributed by atoms with van der Waals surface area (Å²) in [6, 6.07) is 0. The number of likely N-dealkylation sites (N-methyl/N-ethyl adjacent to an activating group) is 1. The molecule has 0 aliphatic heterocycles. The molecule has 0 aromatic rings. The first-order valence-electron chi connectivity index (χ1n) is 4.15. The van der Waals surface area contributed by atoms with Gasteiger partial charge in [0, 0.05) is 6.42 Å². The van der Waals surface area contributed by atoms with E-state index in [1.165, 1.54) is 0 Å². The molecule has 0 rings (SSSR count). The third-order valence-corrected chi connectivity index (χ3v) is 3.66. The minimum atomic E-state index is -3.97. The smallest absolute Gasteiger partial charge is 0.308 e. The lowest BCUT2D eigenvalue weighted by Gasteiger charge is -2.34. The Morgan fingerprint density at radius 3 is 2.23 bits per heavy atom. The summed E-state index contributed by atoms with van der Waals surface area (Å²) >= 11 is 0. The average Bonchev–Trinajstić information content (AvgIpc) is 1.83. The molecular weight excluding hydrogens is 190 g/mol. The van der Waals surface area contributed by atoms with Crippen molar-refractivity contribution in [1.82, 2.24) is 0 Å². The minimum Gasteiger partial charge on any atom is -0.308 e. The lowest BCUT2D eigenvalue weighted by atomic mass is 10.3. The van der Waals surface area contributed by atoms with Gasteiger partial charge in [0.15, 0.2) is 0 Å². The van der Waals surface area contributed by atoms with Crippen LogP contribution in [0, 0.1) is 0 Å². The number of hydrogen-bond donors (Lipinski definition) is 1. The summed E-state index contributed by atoms with van der Waals surface area (Å²) in [6.07, 6.45) is 2.04. The Labute approximate surface area is 80.2 Å². The molecule has 0 aromatic carbocycles. The molecule has 0 radical (unpaired) electrons. The Kier molecular flexibility index (Phi) is 4.09. The van der Waals surface area contributed by atoms with Crippen molar-refractivity contribution in [2.45, 2.75) is 18.7 Å². The molecule has 0 heterocycles.